The largest absolute Gasteiger partial charge is 0.493 e. The molecule has 0 spiro atoms. The molecule has 0 unspecified atom stereocenters. The SMILES string of the molecule is C#CCOc1ccc(CCC(=S)NCc2ccc(C#N)cc2)cc1OC. The lowest BCUT2D eigenvalue weighted by Crippen LogP contribution is -2.21. The van der Waals surface area contributed by atoms with Crippen LogP contribution >= 0.6 is 12.2 Å². The topological polar surface area (TPSA) is 54.3 Å². The van der Waals surface area contributed by atoms with Crippen LogP contribution in [0.1, 0.15) is 23.1 Å². The molecule has 0 heterocycles. The Morgan fingerprint density at radius 2 is 1.88 bits per heavy atom. The molecule has 0 aliphatic rings. The van der Waals surface area contributed by atoms with Crippen molar-refractivity contribution < 1.29 is 9.47 Å². The first-order valence-corrected chi connectivity index (χ1v) is 8.56. The highest BCUT2D eigenvalue weighted by atomic mass is 32.1. The molecule has 0 fully saturated rings. The van der Waals surface area contributed by atoms with Gasteiger partial charge in [-0.15, -0.1) is 6.42 Å². The van der Waals surface area contributed by atoms with Crippen molar-refractivity contribution in [3.05, 3.63) is 59.2 Å². The maximum atomic E-state index is 8.81. The minimum absolute atomic E-state index is 0.207. The van der Waals surface area contributed by atoms with E-state index in [1.165, 1.54) is 0 Å². The van der Waals surface area contributed by atoms with Crippen LogP contribution in [0.5, 0.6) is 11.5 Å². The van der Waals surface area contributed by atoms with Gasteiger partial charge in [-0.2, -0.15) is 5.26 Å². The molecular weight excluding hydrogens is 344 g/mol. The highest BCUT2D eigenvalue weighted by Gasteiger charge is 2.06. The second-order valence-electron chi connectivity index (χ2n) is 5.56. The summed E-state index contributed by atoms with van der Waals surface area (Å²) in [5.41, 5.74) is 2.85. The number of hydrogen-bond donors (Lipinski definition) is 1. The van der Waals surface area contributed by atoms with Gasteiger partial charge in [0.1, 0.15) is 6.61 Å². The van der Waals surface area contributed by atoms with E-state index >= 15 is 0 Å². The molecule has 1 N–H and O–H groups in total. The van der Waals surface area contributed by atoms with E-state index in [0.717, 1.165) is 29.0 Å². The number of nitrogens with one attached hydrogen (secondary N) is 1. The molecule has 0 radical (unpaired) electrons. The first-order valence-electron chi connectivity index (χ1n) is 8.15. The van der Waals surface area contributed by atoms with Gasteiger partial charge in [0.05, 0.1) is 23.7 Å². The Balaban J connectivity index is 1.84. The van der Waals surface area contributed by atoms with E-state index < -0.39 is 0 Å². The van der Waals surface area contributed by atoms with Crippen molar-refractivity contribution in [2.24, 2.45) is 0 Å². The van der Waals surface area contributed by atoms with Crippen molar-refractivity contribution in [3.63, 3.8) is 0 Å². The number of benzene rings is 2. The number of terminal acetylenes is 1. The number of aryl methyl sites for hydroxylation is 1. The fourth-order valence-electron chi connectivity index (χ4n) is 2.35. The summed E-state index contributed by atoms with van der Waals surface area (Å²) >= 11 is 5.40. The normalized spacial score (nSPS) is 9.65. The Morgan fingerprint density at radius 1 is 1.15 bits per heavy atom. The van der Waals surface area contributed by atoms with Crippen LogP contribution in [-0.2, 0) is 13.0 Å². The number of rotatable bonds is 8. The molecule has 0 atom stereocenters. The zero-order chi connectivity index (χ0) is 18.8. The second kappa shape index (κ2) is 10.1. The van der Waals surface area contributed by atoms with Crippen LogP contribution in [0.4, 0.5) is 0 Å². The number of nitrogens with zero attached hydrogens (tertiary/aromatic N) is 1. The van der Waals surface area contributed by atoms with Gasteiger partial charge in [-0.05, 0) is 41.8 Å². The predicted molar refractivity (Wildman–Crippen MR) is 106 cm³/mol. The lowest BCUT2D eigenvalue weighted by molar-refractivity contribution is 0.330. The van der Waals surface area contributed by atoms with E-state index in [9.17, 15) is 0 Å². The van der Waals surface area contributed by atoms with Gasteiger partial charge >= 0.3 is 0 Å². The van der Waals surface area contributed by atoms with Crippen LogP contribution in [0.3, 0.4) is 0 Å². The Hall–Kier alpha value is -3.02. The molecule has 5 heteroatoms. The van der Waals surface area contributed by atoms with Crippen LogP contribution in [0.2, 0.25) is 0 Å². The van der Waals surface area contributed by atoms with Crippen molar-refractivity contribution in [3.8, 4) is 29.9 Å². The number of hydrogen-bond acceptors (Lipinski definition) is 4. The molecule has 0 bridgehead atoms. The van der Waals surface area contributed by atoms with E-state index in [4.69, 9.17) is 33.4 Å². The van der Waals surface area contributed by atoms with Gasteiger partial charge in [0.15, 0.2) is 11.5 Å². The van der Waals surface area contributed by atoms with E-state index in [2.05, 4.69) is 17.3 Å². The molecule has 0 amide bonds. The summed E-state index contributed by atoms with van der Waals surface area (Å²) in [6, 6.07) is 15.3. The van der Waals surface area contributed by atoms with Crippen LogP contribution in [0.25, 0.3) is 0 Å². The summed E-state index contributed by atoms with van der Waals surface area (Å²) in [6.07, 6.45) is 6.74. The molecule has 0 saturated heterocycles. The molecule has 2 rings (SSSR count). The molecule has 0 aliphatic carbocycles. The summed E-state index contributed by atoms with van der Waals surface area (Å²) in [4.78, 5) is 0.793. The highest BCUT2D eigenvalue weighted by Crippen LogP contribution is 2.28. The summed E-state index contributed by atoms with van der Waals surface area (Å²) in [6.45, 7) is 0.853. The smallest absolute Gasteiger partial charge is 0.162 e. The van der Waals surface area contributed by atoms with Crippen molar-refractivity contribution in [2.45, 2.75) is 19.4 Å². The van der Waals surface area contributed by atoms with Gasteiger partial charge in [-0.3, -0.25) is 0 Å². The van der Waals surface area contributed by atoms with Gasteiger partial charge in [-0.1, -0.05) is 36.3 Å². The lowest BCUT2D eigenvalue weighted by Gasteiger charge is -2.11. The van der Waals surface area contributed by atoms with E-state index in [0.29, 0.717) is 23.6 Å². The Kier molecular flexibility index (Phi) is 7.49. The number of ether oxygens (including phenoxy) is 2. The molecule has 26 heavy (non-hydrogen) atoms. The molecule has 0 aromatic heterocycles. The van der Waals surface area contributed by atoms with E-state index in [1.807, 2.05) is 30.3 Å². The fourth-order valence-corrected chi connectivity index (χ4v) is 2.52. The number of methoxy groups -OCH3 is 1. The van der Waals surface area contributed by atoms with Crippen LogP contribution in [-0.4, -0.2) is 18.7 Å². The van der Waals surface area contributed by atoms with Gasteiger partial charge < -0.3 is 14.8 Å². The fraction of sp³-hybridized carbons (Fsp3) is 0.238. The monoisotopic (exact) mass is 364 g/mol. The summed E-state index contributed by atoms with van der Waals surface area (Å²) in [5.74, 6) is 3.73. The average molecular weight is 364 g/mol. The predicted octanol–water partition coefficient (Wildman–Crippen LogP) is 3.63. The molecule has 2 aromatic rings. The molecule has 2 aromatic carbocycles. The van der Waals surface area contributed by atoms with Crippen molar-refractivity contribution in [1.29, 1.82) is 5.26 Å². The third-order valence-corrected chi connectivity index (χ3v) is 4.10. The van der Waals surface area contributed by atoms with Crippen molar-refractivity contribution >= 4 is 17.2 Å². The molecule has 0 saturated carbocycles. The van der Waals surface area contributed by atoms with Crippen molar-refractivity contribution in [2.75, 3.05) is 13.7 Å². The third kappa shape index (κ3) is 5.81. The quantitative estimate of drug-likeness (QED) is 0.573. The second-order valence-corrected chi connectivity index (χ2v) is 6.06. The molecule has 132 valence electrons. The summed E-state index contributed by atoms with van der Waals surface area (Å²) in [5, 5.41) is 12.1. The zero-order valence-corrected chi connectivity index (χ0v) is 15.4. The molecule has 4 nitrogen and oxygen atoms in total. The zero-order valence-electron chi connectivity index (χ0n) is 14.6. The maximum absolute atomic E-state index is 8.81. The van der Waals surface area contributed by atoms with Crippen LogP contribution in [0, 0.1) is 23.7 Å². The van der Waals surface area contributed by atoms with Gasteiger partial charge in [0.2, 0.25) is 0 Å². The van der Waals surface area contributed by atoms with Crippen LogP contribution < -0.4 is 14.8 Å². The first kappa shape index (κ1) is 19.3. The highest BCUT2D eigenvalue weighted by molar-refractivity contribution is 7.80. The van der Waals surface area contributed by atoms with Gasteiger partial charge in [-0.25, -0.2) is 0 Å². The average Bonchev–Trinajstić information content (AvgIpc) is 2.69. The standard InChI is InChI=1S/C21H20N2O2S/c1-3-12-25-19-10-8-16(13-20(19)24-2)9-11-21(26)23-15-18-6-4-17(14-22)5-7-18/h1,4-8,10,13H,9,11-12,15H2,2H3,(H,23,26). The van der Waals surface area contributed by atoms with Crippen molar-refractivity contribution in [1.82, 2.24) is 5.32 Å². The van der Waals surface area contributed by atoms with Crippen LogP contribution in [0.15, 0.2) is 42.5 Å². The first-order chi connectivity index (χ1) is 12.7. The summed E-state index contributed by atoms with van der Waals surface area (Å²) < 4.78 is 10.8. The maximum Gasteiger partial charge on any atom is 0.162 e. The number of thiocarbonyl (C=S) groups is 1. The Labute approximate surface area is 159 Å². The van der Waals surface area contributed by atoms with Gasteiger partial charge in [0.25, 0.3) is 0 Å². The third-order valence-electron chi connectivity index (χ3n) is 3.75. The minimum atomic E-state index is 0.207. The lowest BCUT2D eigenvalue weighted by atomic mass is 10.1. The van der Waals surface area contributed by atoms with E-state index in [-0.39, 0.29) is 6.61 Å². The molecular formula is C21H20N2O2S. The Bertz CT molecular complexity index is 833. The summed E-state index contributed by atoms with van der Waals surface area (Å²) in [7, 11) is 1.60. The molecule has 0 aliphatic heterocycles. The Morgan fingerprint density at radius 3 is 2.54 bits per heavy atom. The minimum Gasteiger partial charge on any atom is -0.493 e. The number of nitriles is 1. The van der Waals surface area contributed by atoms with E-state index in [1.54, 1.807) is 19.2 Å². The van der Waals surface area contributed by atoms with Gasteiger partial charge in [0, 0.05) is 13.0 Å².